The molecule has 0 aromatic carbocycles. The van der Waals surface area contributed by atoms with Gasteiger partial charge in [-0.15, -0.1) is 0 Å². The van der Waals surface area contributed by atoms with Gasteiger partial charge in [-0.3, -0.25) is 9.59 Å². The topological polar surface area (TPSA) is 63.6 Å². The van der Waals surface area contributed by atoms with Crippen LogP contribution in [0, 0.1) is 28.6 Å². The first-order valence-corrected chi connectivity index (χ1v) is 10.2. The lowest BCUT2D eigenvalue weighted by Gasteiger charge is -2.57. The number of allylic oxidation sites excluding steroid dienone is 1. The van der Waals surface area contributed by atoms with Gasteiger partial charge in [-0.2, -0.15) is 0 Å². The smallest absolute Gasteiger partial charge is 0.309 e. The maximum Gasteiger partial charge on any atom is 0.309 e. The van der Waals surface area contributed by atoms with Gasteiger partial charge < -0.3 is 9.84 Å². The number of carbonyl (C=O) groups is 2. The lowest BCUT2D eigenvalue weighted by Crippen LogP contribution is -2.53. The van der Waals surface area contributed by atoms with Crippen LogP contribution in [0.2, 0.25) is 0 Å². The molecule has 2 saturated carbocycles. The highest BCUT2D eigenvalue weighted by Crippen LogP contribution is 2.62. The van der Waals surface area contributed by atoms with Crippen LogP contribution in [0.1, 0.15) is 79.1 Å². The van der Waals surface area contributed by atoms with E-state index in [0.717, 1.165) is 51.4 Å². The molecule has 0 aliphatic heterocycles. The van der Waals surface area contributed by atoms with Crippen LogP contribution in [0.15, 0.2) is 12.2 Å². The van der Waals surface area contributed by atoms with Gasteiger partial charge in [0.1, 0.15) is 0 Å². The number of ether oxygens (including phenoxy) is 1. The minimum Gasteiger partial charge on any atom is -0.481 e. The third-order valence-electron chi connectivity index (χ3n) is 7.37. The fraction of sp³-hybridized carbons (Fsp3) is 0.818. The van der Waals surface area contributed by atoms with E-state index in [1.165, 1.54) is 12.5 Å². The van der Waals surface area contributed by atoms with E-state index in [0.29, 0.717) is 18.4 Å². The average molecular weight is 365 g/mol. The fourth-order valence-corrected chi connectivity index (χ4v) is 5.74. The van der Waals surface area contributed by atoms with Gasteiger partial charge in [-0.25, -0.2) is 0 Å². The number of hydrogen-bond donors (Lipinski definition) is 1. The number of aliphatic carboxylic acids is 1. The monoisotopic (exact) mass is 364 g/mol. The van der Waals surface area contributed by atoms with Crippen LogP contribution in [-0.4, -0.2) is 23.7 Å². The summed E-state index contributed by atoms with van der Waals surface area (Å²) in [6.07, 6.45) is 7.80. The summed E-state index contributed by atoms with van der Waals surface area (Å²) in [5.74, 6) is 0.267. The molecule has 2 fully saturated rings. The number of carbonyl (C=O) groups excluding carboxylic acids is 1. The van der Waals surface area contributed by atoms with Gasteiger partial charge in [0.05, 0.1) is 12.0 Å². The highest BCUT2D eigenvalue weighted by Gasteiger charge is 2.57. The number of carboxylic acid groups (broad SMARTS) is 1. The molecule has 4 nitrogen and oxygen atoms in total. The van der Waals surface area contributed by atoms with Crippen molar-refractivity contribution in [2.45, 2.75) is 79.1 Å². The van der Waals surface area contributed by atoms with E-state index >= 15 is 0 Å². The molecule has 0 amide bonds. The summed E-state index contributed by atoms with van der Waals surface area (Å²) in [5.41, 5.74) is 0.744. The summed E-state index contributed by atoms with van der Waals surface area (Å²) < 4.78 is 5.06. The average Bonchev–Trinajstić information content (AvgIpc) is 2.53. The molecule has 2 aliphatic carbocycles. The van der Waals surface area contributed by atoms with Crippen molar-refractivity contribution < 1.29 is 19.4 Å². The Labute approximate surface area is 158 Å². The molecule has 0 saturated heterocycles. The second-order valence-corrected chi connectivity index (χ2v) is 9.20. The number of carboxylic acids is 1. The molecule has 148 valence electrons. The predicted molar refractivity (Wildman–Crippen MR) is 103 cm³/mol. The number of esters is 1. The van der Waals surface area contributed by atoms with E-state index < -0.39 is 11.4 Å². The molecule has 0 heterocycles. The van der Waals surface area contributed by atoms with E-state index in [1.807, 2.05) is 6.92 Å². The Morgan fingerprint density at radius 3 is 2.62 bits per heavy atom. The maximum atomic E-state index is 12.0. The highest BCUT2D eigenvalue weighted by molar-refractivity contribution is 5.75. The van der Waals surface area contributed by atoms with Crippen LogP contribution in [0.25, 0.3) is 0 Å². The molecule has 0 radical (unpaired) electrons. The Hall–Kier alpha value is -1.32. The Morgan fingerprint density at radius 1 is 1.31 bits per heavy atom. The first-order valence-electron chi connectivity index (χ1n) is 10.2. The lowest BCUT2D eigenvalue weighted by molar-refractivity contribution is -0.164. The molecular formula is C22H36O4. The van der Waals surface area contributed by atoms with Crippen molar-refractivity contribution in [2.24, 2.45) is 28.6 Å². The fourth-order valence-electron chi connectivity index (χ4n) is 5.74. The van der Waals surface area contributed by atoms with Crippen molar-refractivity contribution in [3.05, 3.63) is 12.2 Å². The summed E-state index contributed by atoms with van der Waals surface area (Å²) in [4.78, 5) is 22.9. The Bertz CT molecular complexity index is 554. The van der Waals surface area contributed by atoms with Crippen molar-refractivity contribution in [1.29, 1.82) is 0 Å². The standard InChI is InChI=1S/C22H36O4/c1-15(11-14-26-17(3)23)7-9-18-16(2)8-10-19-21(18,4)12-6-13-22(19,5)20(24)25/h15,18-19H,2,6-14H2,1,3-5H3,(H,24,25)/t15-,18-,19-,21+,22-/m0/s1. The van der Waals surface area contributed by atoms with Crippen LogP contribution in [-0.2, 0) is 14.3 Å². The molecule has 2 aliphatic rings. The van der Waals surface area contributed by atoms with Crippen LogP contribution in [0.3, 0.4) is 0 Å². The van der Waals surface area contributed by atoms with Gasteiger partial charge in [-0.1, -0.05) is 32.4 Å². The lowest BCUT2D eigenvalue weighted by atomic mass is 9.46. The molecule has 4 heteroatoms. The summed E-state index contributed by atoms with van der Waals surface area (Å²) >= 11 is 0. The largest absolute Gasteiger partial charge is 0.481 e. The molecule has 1 N–H and O–H groups in total. The first kappa shape index (κ1) is 21.0. The third-order valence-corrected chi connectivity index (χ3v) is 7.37. The highest BCUT2D eigenvalue weighted by atomic mass is 16.5. The summed E-state index contributed by atoms with van der Waals surface area (Å²) in [7, 11) is 0. The summed E-state index contributed by atoms with van der Waals surface area (Å²) in [6, 6.07) is 0. The molecular weight excluding hydrogens is 328 g/mol. The Kier molecular flexibility index (Phi) is 6.57. The number of hydrogen-bond acceptors (Lipinski definition) is 3. The minimum atomic E-state index is -0.630. The Morgan fingerprint density at radius 2 is 2.00 bits per heavy atom. The number of rotatable bonds is 7. The van der Waals surface area contributed by atoms with Crippen LogP contribution < -0.4 is 0 Å². The normalized spacial score (nSPS) is 35.5. The van der Waals surface area contributed by atoms with Crippen LogP contribution in [0.4, 0.5) is 0 Å². The third kappa shape index (κ3) is 4.15. The second-order valence-electron chi connectivity index (χ2n) is 9.20. The van der Waals surface area contributed by atoms with Gasteiger partial charge in [0.15, 0.2) is 0 Å². The van der Waals surface area contributed by atoms with Crippen molar-refractivity contribution in [3.63, 3.8) is 0 Å². The van der Waals surface area contributed by atoms with E-state index in [4.69, 9.17) is 4.74 Å². The summed E-state index contributed by atoms with van der Waals surface area (Å²) in [6.45, 7) is 12.8. The molecule has 0 bridgehead atoms. The van der Waals surface area contributed by atoms with Gasteiger partial charge in [0, 0.05) is 6.92 Å². The van der Waals surface area contributed by atoms with E-state index in [2.05, 4.69) is 20.4 Å². The summed E-state index contributed by atoms with van der Waals surface area (Å²) in [5, 5.41) is 9.90. The molecule has 0 aromatic rings. The quantitative estimate of drug-likeness (QED) is 0.497. The molecule has 2 rings (SSSR count). The molecule has 0 aromatic heterocycles. The zero-order valence-electron chi connectivity index (χ0n) is 17.0. The minimum absolute atomic E-state index is 0.0380. The van der Waals surface area contributed by atoms with Crippen LogP contribution in [0.5, 0.6) is 0 Å². The van der Waals surface area contributed by atoms with Crippen molar-refractivity contribution in [1.82, 2.24) is 0 Å². The SMILES string of the molecule is C=C1CC[C@H]2[C@](C)(CCC[C@]2(C)C(=O)O)[C@H]1CC[C@H](C)CCOC(C)=O. The number of fused-ring (bicyclic) bond motifs is 1. The maximum absolute atomic E-state index is 12.0. The van der Waals surface area contributed by atoms with Crippen LogP contribution >= 0.6 is 0 Å². The zero-order valence-corrected chi connectivity index (χ0v) is 17.0. The zero-order chi connectivity index (χ0) is 19.5. The van der Waals surface area contributed by atoms with Gasteiger partial charge in [0.25, 0.3) is 0 Å². The molecule has 5 atom stereocenters. The van der Waals surface area contributed by atoms with E-state index in [9.17, 15) is 14.7 Å². The van der Waals surface area contributed by atoms with Crippen molar-refractivity contribution in [3.8, 4) is 0 Å². The van der Waals surface area contributed by atoms with E-state index in [-0.39, 0.29) is 17.3 Å². The molecule has 0 spiro atoms. The second kappa shape index (κ2) is 8.14. The van der Waals surface area contributed by atoms with Gasteiger partial charge in [-0.05, 0) is 75.0 Å². The van der Waals surface area contributed by atoms with Gasteiger partial charge >= 0.3 is 11.9 Å². The first-order chi connectivity index (χ1) is 12.1. The predicted octanol–water partition coefficient (Wildman–Crippen LogP) is 5.22. The van der Waals surface area contributed by atoms with Crippen molar-refractivity contribution in [2.75, 3.05) is 6.61 Å². The van der Waals surface area contributed by atoms with Gasteiger partial charge in [0.2, 0.25) is 0 Å². The Balaban J connectivity index is 2.06. The van der Waals surface area contributed by atoms with E-state index in [1.54, 1.807) is 0 Å². The van der Waals surface area contributed by atoms with Crippen molar-refractivity contribution >= 4 is 11.9 Å². The molecule has 0 unspecified atom stereocenters. The molecule has 26 heavy (non-hydrogen) atoms.